The maximum atomic E-state index is 11.4. The molecule has 1 rings (SSSR count). The van der Waals surface area contributed by atoms with Crippen LogP contribution >= 0.6 is 0 Å². The van der Waals surface area contributed by atoms with Gasteiger partial charge in [-0.3, -0.25) is 4.90 Å². The lowest BCUT2D eigenvalue weighted by Crippen LogP contribution is -2.50. The third kappa shape index (κ3) is 7.25. The highest BCUT2D eigenvalue weighted by atomic mass is 32.2. The van der Waals surface area contributed by atoms with Crippen LogP contribution in [-0.2, 0) is 9.84 Å². The summed E-state index contributed by atoms with van der Waals surface area (Å²) < 4.78 is 22.8. The van der Waals surface area contributed by atoms with E-state index >= 15 is 0 Å². The fraction of sp³-hybridized carbons (Fsp3) is 1.00. The molecule has 0 aromatic carbocycles. The van der Waals surface area contributed by atoms with Crippen molar-refractivity contribution in [1.82, 2.24) is 9.80 Å². The zero-order valence-electron chi connectivity index (χ0n) is 12.4. The van der Waals surface area contributed by atoms with E-state index in [4.69, 9.17) is 0 Å². The standard InChI is InChI=1S/C13H28N2O3S/c1-4-19(17,18)11-5-6-14-7-9-15(10-8-14)12-13(2,3)16/h16H,4-12H2,1-3H3. The van der Waals surface area contributed by atoms with Crippen molar-refractivity contribution < 1.29 is 13.5 Å². The summed E-state index contributed by atoms with van der Waals surface area (Å²) in [6, 6.07) is 0. The lowest BCUT2D eigenvalue weighted by Gasteiger charge is -2.37. The molecule has 1 saturated heterocycles. The molecule has 19 heavy (non-hydrogen) atoms. The fourth-order valence-electron chi connectivity index (χ4n) is 2.37. The van der Waals surface area contributed by atoms with Crippen LogP contribution in [0.3, 0.4) is 0 Å². The van der Waals surface area contributed by atoms with Gasteiger partial charge in [-0.05, 0) is 26.8 Å². The first kappa shape index (κ1) is 16.9. The molecule has 0 spiro atoms. The first-order valence-electron chi connectivity index (χ1n) is 7.09. The molecule has 0 saturated carbocycles. The van der Waals surface area contributed by atoms with Crippen molar-refractivity contribution >= 4 is 9.84 Å². The lowest BCUT2D eigenvalue weighted by molar-refractivity contribution is 0.0178. The molecule has 1 heterocycles. The van der Waals surface area contributed by atoms with Gasteiger partial charge in [-0.25, -0.2) is 8.42 Å². The Morgan fingerprint density at radius 2 is 1.63 bits per heavy atom. The highest BCUT2D eigenvalue weighted by Gasteiger charge is 2.22. The van der Waals surface area contributed by atoms with Crippen molar-refractivity contribution in [3.63, 3.8) is 0 Å². The van der Waals surface area contributed by atoms with Crippen LogP contribution in [0.15, 0.2) is 0 Å². The van der Waals surface area contributed by atoms with Gasteiger partial charge >= 0.3 is 0 Å². The molecule has 1 aliphatic heterocycles. The SMILES string of the molecule is CCS(=O)(=O)CCCN1CCN(CC(C)(C)O)CC1. The number of piperazine rings is 1. The number of aliphatic hydroxyl groups is 1. The van der Waals surface area contributed by atoms with E-state index in [0.29, 0.717) is 12.3 Å². The molecule has 0 aliphatic carbocycles. The predicted octanol–water partition coefficient (Wildman–Crippen LogP) is 0.200. The second-order valence-corrected chi connectivity index (χ2v) is 8.49. The van der Waals surface area contributed by atoms with Crippen molar-refractivity contribution in [2.24, 2.45) is 0 Å². The first-order valence-corrected chi connectivity index (χ1v) is 8.91. The molecular formula is C13H28N2O3S. The van der Waals surface area contributed by atoms with Gasteiger partial charge in [0.15, 0.2) is 0 Å². The molecule has 0 atom stereocenters. The van der Waals surface area contributed by atoms with Crippen LogP contribution in [0.2, 0.25) is 0 Å². The zero-order chi connectivity index (χ0) is 14.5. The van der Waals surface area contributed by atoms with Crippen molar-refractivity contribution in [2.75, 3.05) is 50.8 Å². The van der Waals surface area contributed by atoms with Crippen molar-refractivity contribution in [3.05, 3.63) is 0 Å². The van der Waals surface area contributed by atoms with E-state index in [1.807, 2.05) is 13.8 Å². The summed E-state index contributed by atoms with van der Waals surface area (Å²) in [5, 5.41) is 9.77. The third-order valence-electron chi connectivity index (χ3n) is 3.44. The molecule has 0 aromatic heterocycles. The van der Waals surface area contributed by atoms with E-state index < -0.39 is 15.4 Å². The number of rotatable bonds is 7. The summed E-state index contributed by atoms with van der Waals surface area (Å²) in [4.78, 5) is 4.57. The van der Waals surface area contributed by atoms with Crippen LogP contribution in [-0.4, -0.2) is 79.7 Å². The van der Waals surface area contributed by atoms with E-state index in [1.165, 1.54) is 0 Å². The van der Waals surface area contributed by atoms with E-state index in [2.05, 4.69) is 9.80 Å². The summed E-state index contributed by atoms with van der Waals surface area (Å²) in [5.41, 5.74) is -0.641. The topological polar surface area (TPSA) is 60.9 Å². The largest absolute Gasteiger partial charge is 0.389 e. The molecule has 6 heteroatoms. The Morgan fingerprint density at radius 3 is 2.11 bits per heavy atom. The maximum Gasteiger partial charge on any atom is 0.150 e. The Hall–Kier alpha value is -0.170. The molecule has 0 radical (unpaired) electrons. The Labute approximate surface area is 117 Å². The van der Waals surface area contributed by atoms with Crippen LogP contribution in [0.4, 0.5) is 0 Å². The van der Waals surface area contributed by atoms with E-state index in [0.717, 1.165) is 39.1 Å². The molecule has 0 bridgehead atoms. The van der Waals surface area contributed by atoms with Crippen molar-refractivity contribution in [1.29, 1.82) is 0 Å². The van der Waals surface area contributed by atoms with E-state index in [-0.39, 0.29) is 5.75 Å². The minimum Gasteiger partial charge on any atom is -0.389 e. The van der Waals surface area contributed by atoms with Gasteiger partial charge in [-0.15, -0.1) is 0 Å². The molecule has 114 valence electrons. The summed E-state index contributed by atoms with van der Waals surface area (Å²) >= 11 is 0. The molecular weight excluding hydrogens is 264 g/mol. The Balaban J connectivity index is 2.20. The summed E-state index contributed by atoms with van der Waals surface area (Å²) in [6.07, 6.45) is 0.724. The average Bonchev–Trinajstić information content (AvgIpc) is 2.29. The average molecular weight is 292 g/mol. The molecule has 1 fully saturated rings. The number of hydrogen-bond acceptors (Lipinski definition) is 5. The third-order valence-corrected chi connectivity index (χ3v) is 5.24. The summed E-state index contributed by atoms with van der Waals surface area (Å²) in [6.45, 7) is 10.7. The van der Waals surface area contributed by atoms with E-state index in [9.17, 15) is 13.5 Å². The Morgan fingerprint density at radius 1 is 1.11 bits per heavy atom. The minimum atomic E-state index is -2.83. The normalized spacial score (nSPS) is 19.8. The van der Waals surface area contributed by atoms with Crippen molar-refractivity contribution in [2.45, 2.75) is 32.8 Å². The van der Waals surface area contributed by atoms with Gasteiger partial charge in [0.25, 0.3) is 0 Å². The van der Waals surface area contributed by atoms with Gasteiger partial charge in [0, 0.05) is 38.5 Å². The summed E-state index contributed by atoms with van der Waals surface area (Å²) in [5.74, 6) is 0.541. The van der Waals surface area contributed by atoms with Crippen molar-refractivity contribution in [3.8, 4) is 0 Å². The quantitative estimate of drug-likeness (QED) is 0.726. The molecule has 0 aromatic rings. The molecule has 1 aliphatic rings. The lowest BCUT2D eigenvalue weighted by atomic mass is 10.1. The Bertz CT molecular complexity index is 355. The second kappa shape index (κ2) is 7.02. The van der Waals surface area contributed by atoms with Crippen LogP contribution in [0, 0.1) is 0 Å². The number of β-amino-alcohol motifs (C(OH)–C–C–N with tert-alkyl or cyclic N) is 1. The number of sulfone groups is 1. The monoisotopic (exact) mass is 292 g/mol. The van der Waals surface area contributed by atoms with Crippen LogP contribution in [0.25, 0.3) is 0 Å². The maximum absolute atomic E-state index is 11.4. The fourth-order valence-corrected chi connectivity index (χ4v) is 3.23. The smallest absolute Gasteiger partial charge is 0.150 e. The predicted molar refractivity (Wildman–Crippen MR) is 78.1 cm³/mol. The Kier molecular flexibility index (Phi) is 6.23. The molecule has 1 N–H and O–H groups in total. The van der Waals surface area contributed by atoms with E-state index in [1.54, 1.807) is 6.92 Å². The van der Waals surface area contributed by atoms with Gasteiger partial charge in [0.2, 0.25) is 0 Å². The van der Waals surface area contributed by atoms with Gasteiger partial charge in [0.1, 0.15) is 9.84 Å². The van der Waals surface area contributed by atoms with Gasteiger partial charge in [-0.2, -0.15) is 0 Å². The van der Waals surface area contributed by atoms with Gasteiger partial charge in [-0.1, -0.05) is 6.92 Å². The number of nitrogens with zero attached hydrogens (tertiary/aromatic N) is 2. The molecule has 5 nitrogen and oxygen atoms in total. The highest BCUT2D eigenvalue weighted by Crippen LogP contribution is 2.09. The minimum absolute atomic E-state index is 0.242. The zero-order valence-corrected chi connectivity index (χ0v) is 13.2. The van der Waals surface area contributed by atoms with Gasteiger partial charge in [0.05, 0.1) is 11.4 Å². The van der Waals surface area contributed by atoms with Crippen LogP contribution < -0.4 is 0 Å². The first-order chi connectivity index (χ1) is 8.72. The number of hydrogen-bond donors (Lipinski definition) is 1. The molecule has 0 unspecified atom stereocenters. The van der Waals surface area contributed by atoms with Crippen LogP contribution in [0.1, 0.15) is 27.2 Å². The molecule has 0 amide bonds. The van der Waals surface area contributed by atoms with Gasteiger partial charge < -0.3 is 10.0 Å². The van der Waals surface area contributed by atoms with Crippen LogP contribution in [0.5, 0.6) is 0 Å². The summed E-state index contributed by atoms with van der Waals surface area (Å²) in [7, 11) is -2.83. The highest BCUT2D eigenvalue weighted by molar-refractivity contribution is 7.91. The second-order valence-electron chi connectivity index (χ2n) is 6.02.